The van der Waals surface area contributed by atoms with E-state index in [9.17, 15) is 4.79 Å². The highest BCUT2D eigenvalue weighted by atomic mass is 28.3. The van der Waals surface area contributed by atoms with Crippen molar-refractivity contribution in [3.8, 4) is 11.5 Å². The maximum atomic E-state index is 11.2. The molecule has 82 valence electrons. The molecule has 0 unspecified atom stereocenters. The fraction of sp³-hybridized carbons (Fsp3) is 0.615. The summed E-state index contributed by atoms with van der Waals surface area (Å²) in [4.78, 5) is 11.2. The lowest BCUT2D eigenvalue weighted by atomic mass is 9.77. The molecular formula is C13H20OSi. The van der Waals surface area contributed by atoms with Gasteiger partial charge in [0.25, 0.3) is 0 Å². The Balaban J connectivity index is 2.87. The van der Waals surface area contributed by atoms with E-state index in [2.05, 4.69) is 44.1 Å². The van der Waals surface area contributed by atoms with Crippen molar-refractivity contribution in [3.05, 3.63) is 11.6 Å². The van der Waals surface area contributed by atoms with Crippen LogP contribution in [0, 0.1) is 16.9 Å². The quantitative estimate of drug-likeness (QED) is 0.287. The highest BCUT2D eigenvalue weighted by Crippen LogP contribution is 2.32. The number of rotatable bonds is 1. The second kappa shape index (κ2) is 4.36. The van der Waals surface area contributed by atoms with Gasteiger partial charge in [-0.3, -0.25) is 0 Å². The molecule has 0 aromatic carbocycles. The lowest BCUT2D eigenvalue weighted by Crippen LogP contribution is -2.25. The summed E-state index contributed by atoms with van der Waals surface area (Å²) in [6.45, 7) is 8.76. The van der Waals surface area contributed by atoms with Crippen LogP contribution in [0.3, 0.4) is 0 Å². The van der Waals surface area contributed by atoms with Crippen LogP contribution >= 0.6 is 0 Å². The minimum Gasteiger partial charge on any atom is -0.302 e. The highest BCUT2D eigenvalue weighted by molar-refractivity contribution is 6.83. The summed E-state index contributed by atoms with van der Waals surface area (Å²) in [6, 6.07) is 0. The maximum absolute atomic E-state index is 11.2. The molecule has 0 bridgehead atoms. The molecule has 1 nitrogen and oxygen atoms in total. The minimum absolute atomic E-state index is 0.375. The van der Waals surface area contributed by atoms with E-state index in [1.165, 1.54) is 5.57 Å². The molecule has 0 heterocycles. The van der Waals surface area contributed by atoms with Gasteiger partial charge in [0.05, 0.1) is 5.41 Å². The first-order valence-electron chi connectivity index (χ1n) is 5.53. The molecule has 0 aromatic heterocycles. The predicted molar refractivity (Wildman–Crippen MR) is 67.2 cm³/mol. The third-order valence-electron chi connectivity index (χ3n) is 2.69. The largest absolute Gasteiger partial charge is 0.302 e. The van der Waals surface area contributed by atoms with Gasteiger partial charge in [-0.05, 0) is 26.2 Å². The minimum atomic E-state index is -1.36. The van der Waals surface area contributed by atoms with E-state index in [0.29, 0.717) is 0 Å². The highest BCUT2D eigenvalue weighted by Gasteiger charge is 2.29. The molecule has 1 aliphatic rings. The monoisotopic (exact) mass is 220 g/mol. The number of aldehydes is 1. The van der Waals surface area contributed by atoms with E-state index in [1.54, 1.807) is 0 Å². The van der Waals surface area contributed by atoms with Gasteiger partial charge in [-0.1, -0.05) is 37.2 Å². The Bertz CT molecular complexity index is 338. The molecular weight excluding hydrogens is 200 g/mol. The first-order chi connectivity index (χ1) is 6.87. The summed E-state index contributed by atoms with van der Waals surface area (Å²) < 4.78 is 0. The molecule has 15 heavy (non-hydrogen) atoms. The summed E-state index contributed by atoms with van der Waals surface area (Å²) >= 11 is 0. The molecule has 0 spiro atoms. The van der Waals surface area contributed by atoms with Crippen LogP contribution in [-0.2, 0) is 4.79 Å². The van der Waals surface area contributed by atoms with Crippen molar-refractivity contribution in [3.63, 3.8) is 0 Å². The van der Waals surface area contributed by atoms with Crippen LogP contribution in [0.2, 0.25) is 19.6 Å². The van der Waals surface area contributed by atoms with E-state index >= 15 is 0 Å². The molecule has 1 atom stereocenters. The van der Waals surface area contributed by atoms with E-state index in [1.807, 2.05) is 0 Å². The Morgan fingerprint density at radius 2 is 2.13 bits per heavy atom. The number of carbonyl (C=O) groups is 1. The van der Waals surface area contributed by atoms with Crippen molar-refractivity contribution >= 4 is 14.4 Å². The molecule has 2 heteroatoms. The first kappa shape index (κ1) is 12.3. The standard InChI is InChI=1S/C13H20OSi/c1-12-5-7-13(11-14,8-6-12)9-10-15(2,3)4/h5,11H,6-8H2,1-4H3/t13-/m0/s1. The third-order valence-corrected chi connectivity index (χ3v) is 3.57. The van der Waals surface area contributed by atoms with Crippen molar-refractivity contribution in [2.45, 2.75) is 45.8 Å². The fourth-order valence-corrected chi connectivity index (χ4v) is 2.17. The fourth-order valence-electron chi connectivity index (χ4n) is 1.54. The average Bonchev–Trinajstić information content (AvgIpc) is 2.17. The van der Waals surface area contributed by atoms with E-state index in [4.69, 9.17) is 0 Å². The van der Waals surface area contributed by atoms with Gasteiger partial charge in [0.2, 0.25) is 0 Å². The van der Waals surface area contributed by atoms with Crippen LogP contribution in [0.25, 0.3) is 0 Å². The molecule has 0 saturated heterocycles. The van der Waals surface area contributed by atoms with Crippen molar-refractivity contribution in [1.82, 2.24) is 0 Å². The summed E-state index contributed by atoms with van der Waals surface area (Å²) in [5.41, 5.74) is 4.34. The molecule has 0 aromatic rings. The maximum Gasteiger partial charge on any atom is 0.138 e. The van der Waals surface area contributed by atoms with Gasteiger partial charge in [0.1, 0.15) is 14.4 Å². The predicted octanol–water partition coefficient (Wildman–Crippen LogP) is 3.18. The summed E-state index contributed by atoms with van der Waals surface area (Å²) in [5.74, 6) is 3.24. The molecule has 0 N–H and O–H groups in total. The Morgan fingerprint density at radius 1 is 1.47 bits per heavy atom. The van der Waals surface area contributed by atoms with Crippen LogP contribution < -0.4 is 0 Å². The average molecular weight is 220 g/mol. The smallest absolute Gasteiger partial charge is 0.138 e. The summed E-state index contributed by atoms with van der Waals surface area (Å²) in [7, 11) is -1.36. The summed E-state index contributed by atoms with van der Waals surface area (Å²) in [6.07, 6.45) is 5.94. The number of carbonyl (C=O) groups excluding carboxylic acids is 1. The number of allylic oxidation sites excluding steroid dienone is 2. The molecule has 0 fully saturated rings. The van der Waals surface area contributed by atoms with Crippen molar-refractivity contribution < 1.29 is 4.79 Å². The molecule has 1 aliphatic carbocycles. The zero-order chi connectivity index (χ0) is 11.5. The van der Waals surface area contributed by atoms with Gasteiger partial charge < -0.3 is 4.79 Å². The normalized spacial score (nSPS) is 26.3. The van der Waals surface area contributed by atoms with Gasteiger partial charge in [0.15, 0.2) is 0 Å². The van der Waals surface area contributed by atoms with Gasteiger partial charge in [-0.25, -0.2) is 0 Å². The lowest BCUT2D eigenvalue weighted by Gasteiger charge is -2.25. The Hall–Kier alpha value is -0.813. The second-order valence-corrected chi connectivity index (χ2v) is 10.3. The zero-order valence-corrected chi connectivity index (χ0v) is 11.2. The topological polar surface area (TPSA) is 17.1 Å². The van der Waals surface area contributed by atoms with E-state index < -0.39 is 8.07 Å². The van der Waals surface area contributed by atoms with Crippen LogP contribution in [0.15, 0.2) is 11.6 Å². The molecule has 1 rings (SSSR count). The van der Waals surface area contributed by atoms with E-state index in [0.717, 1.165) is 25.5 Å². The molecule has 0 saturated carbocycles. The molecule has 0 amide bonds. The van der Waals surface area contributed by atoms with Crippen LogP contribution in [-0.4, -0.2) is 14.4 Å². The second-order valence-electron chi connectivity index (χ2n) is 5.53. The van der Waals surface area contributed by atoms with E-state index in [-0.39, 0.29) is 5.41 Å². The number of hydrogen-bond donors (Lipinski definition) is 0. The van der Waals surface area contributed by atoms with Crippen molar-refractivity contribution in [2.24, 2.45) is 5.41 Å². The van der Waals surface area contributed by atoms with Crippen LogP contribution in [0.4, 0.5) is 0 Å². The number of hydrogen-bond acceptors (Lipinski definition) is 1. The van der Waals surface area contributed by atoms with Crippen molar-refractivity contribution in [1.29, 1.82) is 0 Å². The van der Waals surface area contributed by atoms with Gasteiger partial charge in [-0.15, -0.1) is 5.54 Å². The summed E-state index contributed by atoms with van der Waals surface area (Å²) in [5, 5.41) is 0. The lowest BCUT2D eigenvalue weighted by molar-refractivity contribution is -0.114. The molecule has 0 radical (unpaired) electrons. The van der Waals surface area contributed by atoms with Gasteiger partial charge in [-0.2, -0.15) is 0 Å². The first-order valence-corrected chi connectivity index (χ1v) is 9.03. The Kier molecular flexibility index (Phi) is 3.57. The Morgan fingerprint density at radius 3 is 2.53 bits per heavy atom. The zero-order valence-electron chi connectivity index (χ0n) is 10.2. The SMILES string of the molecule is CC1=CC[C@](C#C[Si](C)(C)C)(C=O)CC1. The van der Waals surface area contributed by atoms with Crippen LogP contribution in [0.1, 0.15) is 26.2 Å². The third kappa shape index (κ3) is 3.68. The van der Waals surface area contributed by atoms with Gasteiger partial charge in [0, 0.05) is 0 Å². The van der Waals surface area contributed by atoms with Gasteiger partial charge >= 0.3 is 0 Å². The van der Waals surface area contributed by atoms with Crippen molar-refractivity contribution in [2.75, 3.05) is 0 Å². The molecule has 0 aliphatic heterocycles. The Labute approximate surface area is 94.0 Å². The van der Waals surface area contributed by atoms with Crippen LogP contribution in [0.5, 0.6) is 0 Å².